The highest BCUT2D eigenvalue weighted by molar-refractivity contribution is 5.79. The fourth-order valence-corrected chi connectivity index (χ4v) is 10.4. The van der Waals surface area contributed by atoms with E-state index < -0.39 is 24.0 Å². The highest BCUT2D eigenvalue weighted by atomic mass is 16.6. The summed E-state index contributed by atoms with van der Waals surface area (Å²) in [5.41, 5.74) is 0.524. The Bertz CT molecular complexity index is 1130. The molecule has 9 nitrogen and oxygen atoms in total. The molecule has 49 heavy (non-hydrogen) atoms. The summed E-state index contributed by atoms with van der Waals surface area (Å²) in [7, 11) is 0. The van der Waals surface area contributed by atoms with Crippen molar-refractivity contribution in [3.05, 3.63) is 0 Å². The van der Waals surface area contributed by atoms with E-state index >= 15 is 0 Å². The van der Waals surface area contributed by atoms with Crippen molar-refractivity contribution >= 4 is 29.7 Å². The van der Waals surface area contributed by atoms with E-state index in [0.29, 0.717) is 35.9 Å². The number of carbonyl (C=O) groups excluding carboxylic acids is 5. The molecule has 0 N–H and O–H groups in total. The lowest BCUT2D eigenvalue weighted by atomic mass is 9.44. The van der Waals surface area contributed by atoms with Gasteiger partial charge in [0.2, 0.25) is 0 Å². The van der Waals surface area contributed by atoms with Crippen LogP contribution < -0.4 is 0 Å². The monoisotopic (exact) mass is 688 g/mol. The van der Waals surface area contributed by atoms with Gasteiger partial charge in [0.25, 0.3) is 0 Å². The van der Waals surface area contributed by atoms with E-state index in [1.807, 2.05) is 6.92 Å². The predicted octanol–water partition coefficient (Wildman–Crippen LogP) is 8.09. The zero-order valence-electron chi connectivity index (χ0n) is 31.1. The van der Waals surface area contributed by atoms with Gasteiger partial charge in [-0.1, -0.05) is 53.4 Å². The minimum absolute atomic E-state index is 0.0429. The average Bonchev–Trinajstić information content (AvgIpc) is 3.44. The van der Waals surface area contributed by atoms with Crippen LogP contribution in [-0.4, -0.2) is 55.1 Å². The van der Waals surface area contributed by atoms with Crippen molar-refractivity contribution in [2.24, 2.45) is 40.4 Å². The maximum atomic E-state index is 12.8. The Morgan fingerprint density at radius 1 is 0.653 bits per heavy atom. The molecular formula is C40H64O9. The van der Waals surface area contributed by atoms with E-state index in [1.165, 1.54) is 32.1 Å². The highest BCUT2D eigenvalue weighted by Crippen LogP contribution is 2.67. The number of Topliss-reactive ketones (excluding diaryl/α,β-unsaturated/α-hetero) is 1. The molecule has 9 heteroatoms. The first-order chi connectivity index (χ1) is 23.4. The van der Waals surface area contributed by atoms with Gasteiger partial charge in [-0.2, -0.15) is 0 Å². The number of ether oxygens (including phenoxy) is 4. The quantitative estimate of drug-likeness (QED) is 0.0799. The molecule has 0 aromatic carbocycles. The maximum absolute atomic E-state index is 12.8. The molecule has 0 aliphatic heterocycles. The van der Waals surface area contributed by atoms with Gasteiger partial charge in [0.1, 0.15) is 25.1 Å². The Hall–Kier alpha value is -2.45. The first kappa shape index (κ1) is 39.3. The van der Waals surface area contributed by atoms with Crippen molar-refractivity contribution in [2.75, 3.05) is 13.2 Å². The molecule has 4 aliphatic rings. The van der Waals surface area contributed by atoms with Gasteiger partial charge in [0, 0.05) is 31.6 Å². The lowest BCUT2D eigenvalue weighted by Crippen LogP contribution is -2.54. The SMILES string of the molecule is CCC(=O)OCC(COC(=O)CC)OC(=O)CCCCCCCCC(=O)O[C@@H]1CC[C@@]2(C)[C@@H](CC[C@@H]3[C@@H]2CC[C@]2(C)[C@@H](C(C)=O)CC[C@@H]32)C1. The smallest absolute Gasteiger partial charge is 0.306 e. The summed E-state index contributed by atoms with van der Waals surface area (Å²) < 4.78 is 21.6. The Labute approximate surface area is 294 Å². The molecule has 4 saturated carbocycles. The van der Waals surface area contributed by atoms with Crippen LogP contribution in [0.1, 0.15) is 157 Å². The van der Waals surface area contributed by atoms with Gasteiger partial charge in [0.05, 0.1) is 0 Å². The molecule has 278 valence electrons. The van der Waals surface area contributed by atoms with Gasteiger partial charge in [-0.25, -0.2) is 0 Å². The first-order valence-corrected chi connectivity index (χ1v) is 19.6. The number of unbranched alkanes of at least 4 members (excludes halogenated alkanes) is 5. The van der Waals surface area contributed by atoms with E-state index in [2.05, 4.69) is 13.8 Å². The summed E-state index contributed by atoms with van der Waals surface area (Å²) in [5, 5.41) is 0. The maximum Gasteiger partial charge on any atom is 0.306 e. The lowest BCUT2D eigenvalue weighted by molar-refractivity contribution is -0.166. The van der Waals surface area contributed by atoms with Gasteiger partial charge in [-0.05, 0) is 112 Å². The summed E-state index contributed by atoms with van der Waals surface area (Å²) in [6.07, 6.45) is 16.0. The van der Waals surface area contributed by atoms with E-state index in [0.717, 1.165) is 69.6 Å². The van der Waals surface area contributed by atoms with Crippen LogP contribution in [0.2, 0.25) is 0 Å². The summed E-state index contributed by atoms with van der Waals surface area (Å²) in [4.78, 5) is 60.5. The third-order valence-corrected chi connectivity index (χ3v) is 13.2. The second kappa shape index (κ2) is 18.2. The van der Waals surface area contributed by atoms with E-state index in [1.54, 1.807) is 13.8 Å². The Balaban J connectivity index is 1.08. The second-order valence-electron chi connectivity index (χ2n) is 16.1. The number of rotatable bonds is 18. The van der Waals surface area contributed by atoms with Crippen LogP contribution in [0.25, 0.3) is 0 Å². The van der Waals surface area contributed by atoms with E-state index in [4.69, 9.17) is 18.9 Å². The van der Waals surface area contributed by atoms with Crippen molar-refractivity contribution in [3.63, 3.8) is 0 Å². The predicted molar refractivity (Wildman–Crippen MR) is 185 cm³/mol. The summed E-state index contributed by atoms with van der Waals surface area (Å²) in [6, 6.07) is 0. The number of fused-ring (bicyclic) bond motifs is 5. The fourth-order valence-electron chi connectivity index (χ4n) is 10.4. The van der Waals surface area contributed by atoms with E-state index in [-0.39, 0.29) is 55.9 Å². The van der Waals surface area contributed by atoms with Crippen LogP contribution in [0, 0.1) is 40.4 Å². The molecule has 4 aliphatic carbocycles. The fraction of sp³-hybridized carbons (Fsp3) is 0.875. The zero-order chi connectivity index (χ0) is 35.6. The largest absolute Gasteiger partial charge is 0.462 e. The minimum Gasteiger partial charge on any atom is -0.462 e. The molecule has 4 rings (SSSR count). The minimum atomic E-state index is -0.811. The van der Waals surface area contributed by atoms with Crippen molar-refractivity contribution in [1.82, 2.24) is 0 Å². The number of hydrogen-bond donors (Lipinski definition) is 0. The Morgan fingerprint density at radius 3 is 1.84 bits per heavy atom. The molecule has 0 spiro atoms. The van der Waals surface area contributed by atoms with Gasteiger partial charge in [-0.15, -0.1) is 0 Å². The number of ketones is 1. The van der Waals surface area contributed by atoms with Gasteiger partial charge in [0.15, 0.2) is 6.10 Å². The molecule has 0 aromatic heterocycles. The van der Waals surface area contributed by atoms with Gasteiger partial charge >= 0.3 is 23.9 Å². The van der Waals surface area contributed by atoms with Crippen molar-refractivity contribution in [1.29, 1.82) is 0 Å². The van der Waals surface area contributed by atoms with Crippen molar-refractivity contribution < 1.29 is 42.9 Å². The van der Waals surface area contributed by atoms with E-state index in [9.17, 15) is 24.0 Å². The van der Waals surface area contributed by atoms with Crippen LogP contribution in [0.15, 0.2) is 0 Å². The Kier molecular flexibility index (Phi) is 14.6. The average molecular weight is 689 g/mol. The zero-order valence-corrected chi connectivity index (χ0v) is 31.1. The summed E-state index contributed by atoms with van der Waals surface area (Å²) >= 11 is 0. The standard InChI is InChI=1S/C40H64O9/c1-6-35(42)46-25-30(26-47-36(43)7-2)49-38(45)15-13-11-9-8-10-12-14-37(44)48-29-20-22-39(4)28(24-29)16-17-31-33-19-18-32(27(3)41)40(33,5)23-21-34(31)39/h28-34H,6-26H2,1-5H3/t28-,29+,31-,32+,33-,34-,39-,40+/m0/s1. The third-order valence-electron chi connectivity index (χ3n) is 13.2. The molecule has 0 radical (unpaired) electrons. The van der Waals surface area contributed by atoms with Gasteiger partial charge < -0.3 is 18.9 Å². The van der Waals surface area contributed by atoms with Crippen LogP contribution in [-0.2, 0) is 42.9 Å². The van der Waals surface area contributed by atoms with Crippen LogP contribution in [0.3, 0.4) is 0 Å². The second-order valence-corrected chi connectivity index (χ2v) is 16.1. The third kappa shape index (κ3) is 10.1. The number of carbonyl (C=O) groups is 5. The topological polar surface area (TPSA) is 122 Å². The van der Waals surface area contributed by atoms with Crippen molar-refractivity contribution in [3.8, 4) is 0 Å². The molecule has 4 fully saturated rings. The molecule has 0 amide bonds. The molecule has 0 unspecified atom stereocenters. The number of esters is 4. The van der Waals surface area contributed by atoms with Crippen LogP contribution >= 0.6 is 0 Å². The Morgan fingerprint density at radius 2 is 1.22 bits per heavy atom. The van der Waals surface area contributed by atoms with Gasteiger partial charge in [-0.3, -0.25) is 24.0 Å². The highest BCUT2D eigenvalue weighted by Gasteiger charge is 2.61. The van der Waals surface area contributed by atoms with Crippen LogP contribution in [0.5, 0.6) is 0 Å². The van der Waals surface area contributed by atoms with Crippen LogP contribution in [0.4, 0.5) is 0 Å². The van der Waals surface area contributed by atoms with Crippen molar-refractivity contribution in [2.45, 2.75) is 169 Å². The molecule has 0 aromatic rings. The normalized spacial score (nSPS) is 32.0. The summed E-state index contributed by atoms with van der Waals surface area (Å²) in [6.45, 7) is 9.84. The summed E-state index contributed by atoms with van der Waals surface area (Å²) in [5.74, 6) is 2.18. The first-order valence-electron chi connectivity index (χ1n) is 19.6. The molecule has 8 atom stereocenters. The number of hydrogen-bond acceptors (Lipinski definition) is 9. The lowest BCUT2D eigenvalue weighted by Gasteiger charge is -2.61. The molecule has 0 saturated heterocycles. The molecular weight excluding hydrogens is 624 g/mol. The molecule has 0 bridgehead atoms. The molecule has 0 heterocycles.